The minimum Gasteiger partial charge on any atom is -0.354 e. The van der Waals surface area contributed by atoms with Crippen molar-refractivity contribution in [2.24, 2.45) is 11.1 Å². The van der Waals surface area contributed by atoms with Crippen molar-refractivity contribution >= 4 is 16.7 Å². The number of carbonyl (C=O) groups is 1. The van der Waals surface area contributed by atoms with Crippen LogP contribution in [0.2, 0.25) is 0 Å². The third-order valence-corrected chi connectivity index (χ3v) is 3.47. The van der Waals surface area contributed by atoms with Gasteiger partial charge in [-0.1, -0.05) is 27.7 Å². The maximum atomic E-state index is 11.5. The standard InChI is InChI=1S/C10H22N2O2S/c1-5-15(14)7-6-12-9(13)8(11)10(2,3)4/h8H,5-7,11H2,1-4H3,(H,12,13)/t8-,15?/m0/s1. The molecule has 0 radical (unpaired) electrons. The van der Waals surface area contributed by atoms with Gasteiger partial charge >= 0.3 is 0 Å². The van der Waals surface area contributed by atoms with E-state index in [9.17, 15) is 9.00 Å². The second kappa shape index (κ2) is 6.23. The zero-order chi connectivity index (χ0) is 12.1. The van der Waals surface area contributed by atoms with Crippen molar-refractivity contribution in [3.05, 3.63) is 0 Å². The summed E-state index contributed by atoms with van der Waals surface area (Å²) in [5.41, 5.74) is 5.51. The van der Waals surface area contributed by atoms with Gasteiger partial charge in [-0.25, -0.2) is 0 Å². The van der Waals surface area contributed by atoms with E-state index in [1.54, 1.807) is 0 Å². The molecule has 1 amide bonds. The van der Waals surface area contributed by atoms with Crippen LogP contribution in [0.3, 0.4) is 0 Å². The number of nitrogens with one attached hydrogen (secondary N) is 1. The summed E-state index contributed by atoms with van der Waals surface area (Å²) in [5.74, 6) is 0.955. The first-order chi connectivity index (χ1) is 6.79. The van der Waals surface area contributed by atoms with Crippen molar-refractivity contribution in [3.63, 3.8) is 0 Å². The van der Waals surface area contributed by atoms with Gasteiger partial charge in [-0.05, 0) is 5.41 Å². The van der Waals surface area contributed by atoms with E-state index >= 15 is 0 Å². The molecule has 0 aromatic rings. The number of amides is 1. The minimum atomic E-state index is -0.833. The number of nitrogens with two attached hydrogens (primary N) is 1. The zero-order valence-corrected chi connectivity index (χ0v) is 10.8. The molecule has 4 nitrogen and oxygen atoms in total. The topological polar surface area (TPSA) is 72.2 Å². The largest absolute Gasteiger partial charge is 0.354 e. The van der Waals surface area contributed by atoms with Crippen LogP contribution in [0.1, 0.15) is 27.7 Å². The highest BCUT2D eigenvalue weighted by Gasteiger charge is 2.26. The maximum Gasteiger partial charge on any atom is 0.237 e. The first kappa shape index (κ1) is 14.6. The smallest absolute Gasteiger partial charge is 0.237 e. The lowest BCUT2D eigenvalue weighted by atomic mass is 9.87. The Hall–Kier alpha value is -0.420. The molecule has 0 saturated carbocycles. The SMILES string of the molecule is CCS(=O)CCNC(=O)[C@H](N)C(C)(C)C. The predicted molar refractivity (Wildman–Crippen MR) is 64.0 cm³/mol. The van der Waals surface area contributed by atoms with Crippen LogP contribution in [0, 0.1) is 5.41 Å². The highest BCUT2D eigenvalue weighted by atomic mass is 32.2. The summed E-state index contributed by atoms with van der Waals surface area (Å²) < 4.78 is 11.1. The lowest BCUT2D eigenvalue weighted by Gasteiger charge is -2.25. The number of rotatable bonds is 5. The second-order valence-electron chi connectivity index (χ2n) is 4.57. The first-order valence-corrected chi connectivity index (χ1v) is 6.66. The summed E-state index contributed by atoms with van der Waals surface area (Å²) in [6, 6.07) is -0.521. The molecule has 0 heterocycles. The summed E-state index contributed by atoms with van der Waals surface area (Å²) in [4.78, 5) is 11.5. The Morgan fingerprint density at radius 3 is 2.40 bits per heavy atom. The lowest BCUT2D eigenvalue weighted by molar-refractivity contribution is -0.124. The predicted octanol–water partition coefficient (Wildman–Crippen LogP) is 0.245. The first-order valence-electron chi connectivity index (χ1n) is 5.17. The fourth-order valence-corrected chi connectivity index (χ4v) is 1.55. The van der Waals surface area contributed by atoms with Gasteiger partial charge in [0.25, 0.3) is 0 Å². The van der Waals surface area contributed by atoms with Gasteiger partial charge in [0, 0.05) is 28.9 Å². The highest BCUT2D eigenvalue weighted by Crippen LogP contribution is 2.16. The third-order valence-electron chi connectivity index (χ3n) is 2.17. The van der Waals surface area contributed by atoms with Crippen LogP contribution in [0.15, 0.2) is 0 Å². The Kier molecular flexibility index (Phi) is 6.05. The van der Waals surface area contributed by atoms with Gasteiger partial charge in [0.2, 0.25) is 5.91 Å². The molecule has 0 aliphatic rings. The van der Waals surface area contributed by atoms with E-state index < -0.39 is 16.8 Å². The maximum absolute atomic E-state index is 11.5. The van der Waals surface area contributed by atoms with Crippen molar-refractivity contribution < 1.29 is 9.00 Å². The molecule has 90 valence electrons. The molecule has 0 aromatic carbocycles. The van der Waals surface area contributed by atoms with Crippen LogP contribution in [0.25, 0.3) is 0 Å². The summed E-state index contributed by atoms with van der Waals surface area (Å²) in [7, 11) is -0.833. The van der Waals surface area contributed by atoms with Crippen molar-refractivity contribution in [1.29, 1.82) is 0 Å². The molecule has 0 saturated heterocycles. The van der Waals surface area contributed by atoms with E-state index in [4.69, 9.17) is 5.73 Å². The normalized spacial score (nSPS) is 15.8. The van der Waals surface area contributed by atoms with Gasteiger partial charge in [-0.2, -0.15) is 0 Å². The molecule has 2 atom stereocenters. The molecule has 15 heavy (non-hydrogen) atoms. The quantitative estimate of drug-likeness (QED) is 0.716. The number of carbonyl (C=O) groups excluding carboxylic acids is 1. The van der Waals surface area contributed by atoms with Crippen LogP contribution in [-0.2, 0) is 15.6 Å². The van der Waals surface area contributed by atoms with Crippen molar-refractivity contribution in [2.75, 3.05) is 18.1 Å². The monoisotopic (exact) mass is 234 g/mol. The van der Waals surface area contributed by atoms with Crippen molar-refractivity contribution in [2.45, 2.75) is 33.7 Å². The van der Waals surface area contributed by atoms with E-state index in [0.29, 0.717) is 18.1 Å². The molecule has 0 aliphatic carbocycles. The summed E-state index contributed by atoms with van der Waals surface area (Å²) in [6.45, 7) is 8.05. The van der Waals surface area contributed by atoms with Gasteiger partial charge in [0.05, 0.1) is 6.04 Å². The molecule has 0 bridgehead atoms. The fraction of sp³-hybridized carbons (Fsp3) is 0.900. The Labute approximate surface area is 94.4 Å². The van der Waals surface area contributed by atoms with Gasteiger partial charge in [0.1, 0.15) is 0 Å². The van der Waals surface area contributed by atoms with E-state index in [0.717, 1.165) is 0 Å². The van der Waals surface area contributed by atoms with E-state index in [1.165, 1.54) is 0 Å². The van der Waals surface area contributed by atoms with Gasteiger partial charge in [0.15, 0.2) is 0 Å². The zero-order valence-electron chi connectivity index (χ0n) is 10.0. The van der Waals surface area contributed by atoms with Crippen LogP contribution < -0.4 is 11.1 Å². The Morgan fingerprint density at radius 2 is 2.00 bits per heavy atom. The van der Waals surface area contributed by atoms with Crippen LogP contribution in [0.4, 0.5) is 0 Å². The second-order valence-corrected chi connectivity index (χ2v) is 6.43. The molecule has 1 unspecified atom stereocenters. The minimum absolute atomic E-state index is 0.171. The van der Waals surface area contributed by atoms with Crippen LogP contribution in [0.5, 0.6) is 0 Å². The molecule has 0 fully saturated rings. The highest BCUT2D eigenvalue weighted by molar-refractivity contribution is 7.84. The lowest BCUT2D eigenvalue weighted by Crippen LogP contribution is -2.49. The van der Waals surface area contributed by atoms with Crippen molar-refractivity contribution in [3.8, 4) is 0 Å². The molecule has 3 N–H and O–H groups in total. The van der Waals surface area contributed by atoms with E-state index in [1.807, 2.05) is 27.7 Å². The Bertz CT molecular complexity index is 236. The van der Waals surface area contributed by atoms with Crippen LogP contribution in [-0.4, -0.2) is 34.2 Å². The number of hydrogen-bond donors (Lipinski definition) is 2. The average molecular weight is 234 g/mol. The van der Waals surface area contributed by atoms with Crippen LogP contribution >= 0.6 is 0 Å². The van der Waals surface area contributed by atoms with Crippen molar-refractivity contribution in [1.82, 2.24) is 5.32 Å². The molecular formula is C10H22N2O2S. The molecule has 5 heteroatoms. The Morgan fingerprint density at radius 1 is 1.47 bits per heavy atom. The van der Waals surface area contributed by atoms with Gasteiger partial charge in [-0.3, -0.25) is 9.00 Å². The molecular weight excluding hydrogens is 212 g/mol. The van der Waals surface area contributed by atoms with E-state index in [-0.39, 0.29) is 11.3 Å². The number of hydrogen-bond acceptors (Lipinski definition) is 3. The van der Waals surface area contributed by atoms with Gasteiger partial charge in [-0.15, -0.1) is 0 Å². The van der Waals surface area contributed by atoms with E-state index in [2.05, 4.69) is 5.32 Å². The Balaban J connectivity index is 3.90. The summed E-state index contributed by atoms with van der Waals surface area (Å²) >= 11 is 0. The summed E-state index contributed by atoms with van der Waals surface area (Å²) in [6.07, 6.45) is 0. The third kappa shape index (κ3) is 5.89. The van der Waals surface area contributed by atoms with Gasteiger partial charge < -0.3 is 11.1 Å². The summed E-state index contributed by atoms with van der Waals surface area (Å²) in [5, 5.41) is 2.70. The molecule has 0 aromatic heterocycles. The molecule has 0 rings (SSSR count). The molecule has 0 spiro atoms. The fourth-order valence-electron chi connectivity index (χ4n) is 0.936. The average Bonchev–Trinajstić information content (AvgIpc) is 2.14. The molecule has 0 aliphatic heterocycles.